The zero-order valence-corrected chi connectivity index (χ0v) is 9.63. The monoisotopic (exact) mass is 249 g/mol. The lowest BCUT2D eigenvalue weighted by molar-refractivity contribution is 0.415. The van der Waals surface area contributed by atoms with E-state index in [0.29, 0.717) is 27.2 Å². The van der Waals surface area contributed by atoms with E-state index in [1.54, 1.807) is 19.2 Å². The Bertz CT molecular complexity index is 775. The molecule has 3 rings (SSSR count). The quantitative estimate of drug-likeness (QED) is 0.694. The van der Waals surface area contributed by atoms with Gasteiger partial charge in [-0.05, 0) is 12.1 Å². The van der Waals surface area contributed by atoms with Gasteiger partial charge in [-0.2, -0.15) is 0 Å². The van der Waals surface area contributed by atoms with Gasteiger partial charge in [0.2, 0.25) is 0 Å². The number of hydrogen-bond acceptors (Lipinski definition) is 3. The molecule has 2 aromatic heterocycles. The summed E-state index contributed by atoms with van der Waals surface area (Å²) < 4.78 is 5.15. The maximum Gasteiger partial charge on any atom is 0.273 e. The third-order valence-electron chi connectivity index (χ3n) is 2.69. The van der Waals surface area contributed by atoms with E-state index in [2.05, 4.69) is 15.2 Å². The second kappa shape index (κ2) is 3.49. The highest BCUT2D eigenvalue weighted by atomic mass is 35.5. The van der Waals surface area contributed by atoms with Crippen molar-refractivity contribution in [1.82, 2.24) is 15.2 Å². The molecule has 86 valence electrons. The first-order valence-corrected chi connectivity index (χ1v) is 5.31. The van der Waals surface area contributed by atoms with Crippen LogP contribution in [0.25, 0.3) is 21.8 Å². The van der Waals surface area contributed by atoms with Gasteiger partial charge < -0.3 is 4.74 Å². The van der Waals surface area contributed by atoms with Crippen LogP contribution < -0.4 is 10.3 Å². The summed E-state index contributed by atoms with van der Waals surface area (Å²) in [4.78, 5) is 15.7. The van der Waals surface area contributed by atoms with E-state index in [9.17, 15) is 4.79 Å². The third-order valence-corrected chi connectivity index (χ3v) is 2.98. The Morgan fingerprint density at radius 2 is 2.12 bits per heavy atom. The fourth-order valence-electron chi connectivity index (χ4n) is 1.84. The number of fused-ring (bicyclic) bond motifs is 3. The number of nitrogens with one attached hydrogen (secondary N) is 2. The van der Waals surface area contributed by atoms with E-state index >= 15 is 0 Å². The summed E-state index contributed by atoms with van der Waals surface area (Å²) in [6, 6.07) is 3.47. The van der Waals surface area contributed by atoms with E-state index < -0.39 is 0 Å². The summed E-state index contributed by atoms with van der Waals surface area (Å²) in [6.07, 6.45) is 1.52. The number of halogens is 1. The fraction of sp³-hybridized carbons (Fsp3) is 0.0909. The minimum Gasteiger partial charge on any atom is -0.495 e. The highest BCUT2D eigenvalue weighted by Gasteiger charge is 2.10. The number of ether oxygens (including phenoxy) is 1. The van der Waals surface area contributed by atoms with E-state index in [0.717, 1.165) is 5.39 Å². The van der Waals surface area contributed by atoms with Crippen LogP contribution >= 0.6 is 11.6 Å². The van der Waals surface area contributed by atoms with Crippen LogP contribution in [0, 0.1) is 0 Å². The highest BCUT2D eigenvalue weighted by molar-refractivity contribution is 6.33. The highest BCUT2D eigenvalue weighted by Crippen LogP contribution is 2.31. The average molecular weight is 250 g/mol. The normalized spacial score (nSPS) is 11.2. The molecule has 0 aliphatic carbocycles. The summed E-state index contributed by atoms with van der Waals surface area (Å²) in [6.45, 7) is 0. The fourth-order valence-corrected chi connectivity index (χ4v) is 2.08. The van der Waals surface area contributed by atoms with Crippen LogP contribution in [0.15, 0.2) is 23.1 Å². The molecule has 0 saturated heterocycles. The predicted molar refractivity (Wildman–Crippen MR) is 65.8 cm³/mol. The van der Waals surface area contributed by atoms with Gasteiger partial charge in [0.1, 0.15) is 5.75 Å². The molecule has 0 bridgehead atoms. The van der Waals surface area contributed by atoms with Gasteiger partial charge in [0.05, 0.1) is 28.6 Å². The Kier molecular flexibility index (Phi) is 2.09. The number of nitrogens with zero attached hydrogens (tertiary/aromatic N) is 1. The lowest BCUT2D eigenvalue weighted by Gasteiger charge is -2.05. The molecule has 2 heterocycles. The molecule has 0 amide bonds. The Labute approximate surface area is 100 Å². The lowest BCUT2D eigenvalue weighted by atomic mass is 10.1. The molecule has 0 aliphatic heterocycles. The van der Waals surface area contributed by atoms with Gasteiger partial charge in [0.15, 0.2) is 0 Å². The maximum absolute atomic E-state index is 11.5. The van der Waals surface area contributed by atoms with Crippen molar-refractivity contribution < 1.29 is 4.74 Å². The molecule has 2 N–H and O–H groups in total. The molecule has 0 atom stereocenters. The van der Waals surface area contributed by atoms with Crippen molar-refractivity contribution in [3.05, 3.63) is 33.7 Å². The van der Waals surface area contributed by atoms with Crippen molar-refractivity contribution in [3.63, 3.8) is 0 Å². The van der Waals surface area contributed by atoms with E-state index in [1.165, 1.54) is 6.20 Å². The molecule has 0 saturated carbocycles. The number of benzene rings is 1. The molecular weight excluding hydrogens is 242 g/mol. The molecule has 6 heteroatoms. The molecular formula is C11H8ClN3O2. The van der Waals surface area contributed by atoms with Crippen LogP contribution in [-0.4, -0.2) is 22.3 Å². The van der Waals surface area contributed by atoms with Gasteiger partial charge in [-0.15, -0.1) is 0 Å². The number of H-pyrrole nitrogens is 2. The first-order valence-electron chi connectivity index (χ1n) is 4.93. The minimum atomic E-state index is -0.191. The molecule has 1 aromatic carbocycles. The summed E-state index contributed by atoms with van der Waals surface area (Å²) in [7, 11) is 1.54. The summed E-state index contributed by atoms with van der Waals surface area (Å²) in [5.74, 6) is 0.551. The van der Waals surface area contributed by atoms with E-state index in [1.807, 2.05) is 0 Å². The molecule has 0 aliphatic rings. The average Bonchev–Trinajstić information content (AvgIpc) is 2.70. The topological polar surface area (TPSA) is 70.8 Å². The standard InChI is InChI=1S/C11H8ClN3O2/c1-17-9-2-5-8(3-7(9)12)13-4-6-10(5)14-15-11(6)16/h2-4H,1H3,(H2,14,15,16). The van der Waals surface area contributed by atoms with Gasteiger partial charge in [0.25, 0.3) is 5.56 Å². The second-order valence-corrected chi connectivity index (χ2v) is 4.04. The van der Waals surface area contributed by atoms with Gasteiger partial charge in [-0.1, -0.05) is 11.6 Å². The van der Waals surface area contributed by atoms with Crippen molar-refractivity contribution in [1.29, 1.82) is 0 Å². The van der Waals surface area contributed by atoms with Crippen molar-refractivity contribution >= 4 is 33.4 Å². The largest absolute Gasteiger partial charge is 0.495 e. The Morgan fingerprint density at radius 3 is 2.88 bits per heavy atom. The lowest BCUT2D eigenvalue weighted by Crippen LogP contribution is -1.97. The zero-order valence-electron chi connectivity index (χ0n) is 8.87. The van der Waals surface area contributed by atoms with Crippen molar-refractivity contribution in [2.24, 2.45) is 0 Å². The molecule has 0 radical (unpaired) electrons. The zero-order chi connectivity index (χ0) is 12.0. The van der Waals surface area contributed by atoms with Gasteiger partial charge in [0, 0.05) is 11.6 Å². The predicted octanol–water partition coefficient (Wildman–Crippen LogP) is 2.07. The van der Waals surface area contributed by atoms with Crippen LogP contribution in [0.3, 0.4) is 0 Å². The summed E-state index contributed by atoms with van der Waals surface area (Å²) in [5.41, 5.74) is 1.22. The maximum atomic E-state index is 11.5. The van der Waals surface area contributed by atoms with Gasteiger partial charge in [-0.25, -0.2) is 0 Å². The minimum absolute atomic E-state index is 0.191. The van der Waals surface area contributed by atoms with Crippen LogP contribution in [-0.2, 0) is 0 Å². The van der Waals surface area contributed by atoms with Crippen molar-refractivity contribution in [3.8, 4) is 5.75 Å². The van der Waals surface area contributed by atoms with Gasteiger partial charge in [-0.3, -0.25) is 20.0 Å². The summed E-state index contributed by atoms with van der Waals surface area (Å²) >= 11 is 6.01. The molecule has 0 fully saturated rings. The first-order chi connectivity index (χ1) is 8.20. The van der Waals surface area contributed by atoms with Crippen LogP contribution in [0.5, 0.6) is 5.75 Å². The second-order valence-electron chi connectivity index (χ2n) is 3.63. The number of pyridine rings is 1. The Morgan fingerprint density at radius 1 is 1.29 bits per heavy atom. The number of rotatable bonds is 1. The number of aromatic amines is 2. The van der Waals surface area contributed by atoms with E-state index in [-0.39, 0.29) is 5.56 Å². The summed E-state index contributed by atoms with van der Waals surface area (Å²) in [5, 5.41) is 7.15. The number of methoxy groups -OCH3 is 1. The van der Waals surface area contributed by atoms with Crippen molar-refractivity contribution in [2.45, 2.75) is 0 Å². The van der Waals surface area contributed by atoms with Gasteiger partial charge >= 0.3 is 0 Å². The molecule has 0 unspecified atom stereocenters. The third kappa shape index (κ3) is 1.39. The molecule has 5 nitrogen and oxygen atoms in total. The number of aromatic nitrogens is 3. The first kappa shape index (κ1) is 10.2. The van der Waals surface area contributed by atoms with Crippen molar-refractivity contribution in [2.75, 3.05) is 7.11 Å². The van der Waals surface area contributed by atoms with E-state index in [4.69, 9.17) is 16.3 Å². The Balaban J connectivity index is 2.52. The number of hydrogen-bond donors (Lipinski definition) is 2. The van der Waals surface area contributed by atoms with Crippen LogP contribution in [0.2, 0.25) is 5.02 Å². The smallest absolute Gasteiger partial charge is 0.273 e. The molecule has 17 heavy (non-hydrogen) atoms. The van der Waals surface area contributed by atoms with Crippen LogP contribution in [0.4, 0.5) is 0 Å². The SMILES string of the molecule is COc1cc2c(cc1Cl)ncc1c(=O)[nH][nH]c12. The van der Waals surface area contributed by atoms with Crippen LogP contribution in [0.1, 0.15) is 0 Å². The molecule has 3 aromatic rings. The molecule has 0 spiro atoms. The Hall–Kier alpha value is -2.01.